The molecule has 0 radical (unpaired) electrons. The molecule has 0 aliphatic carbocycles. The molecule has 104 valence electrons. The topological polar surface area (TPSA) is 75.1 Å². The first kappa shape index (κ1) is 13.3. The van der Waals surface area contributed by atoms with Gasteiger partial charge >= 0.3 is 5.97 Å². The van der Waals surface area contributed by atoms with Crippen molar-refractivity contribution in [1.29, 1.82) is 0 Å². The van der Waals surface area contributed by atoms with E-state index in [1.54, 1.807) is 36.4 Å². The fourth-order valence-corrected chi connectivity index (χ4v) is 2.55. The highest BCUT2D eigenvalue weighted by molar-refractivity contribution is 7.71. The number of aromatic carboxylic acids is 1. The predicted octanol–water partition coefficient (Wildman–Crippen LogP) is 2.75. The molecule has 6 heteroatoms. The maximum Gasteiger partial charge on any atom is 0.336 e. The van der Waals surface area contributed by atoms with Crippen molar-refractivity contribution >= 4 is 29.1 Å². The lowest BCUT2D eigenvalue weighted by Gasteiger charge is -2.09. The number of hydrogen-bond donors (Lipinski definition) is 2. The smallest absolute Gasteiger partial charge is 0.336 e. The highest BCUT2D eigenvalue weighted by Gasteiger charge is 2.14. The van der Waals surface area contributed by atoms with Gasteiger partial charge in [0, 0.05) is 0 Å². The Morgan fingerprint density at radius 2 is 1.81 bits per heavy atom. The molecule has 2 aromatic carbocycles. The van der Waals surface area contributed by atoms with Crippen LogP contribution in [0.25, 0.3) is 16.6 Å². The molecule has 3 rings (SSSR count). The van der Waals surface area contributed by atoms with Crippen molar-refractivity contribution in [3.63, 3.8) is 0 Å². The van der Waals surface area contributed by atoms with E-state index in [1.807, 2.05) is 6.07 Å². The van der Waals surface area contributed by atoms with Crippen LogP contribution in [0.4, 0.5) is 0 Å². The number of aromatic amines is 1. The van der Waals surface area contributed by atoms with E-state index >= 15 is 0 Å². The van der Waals surface area contributed by atoms with Crippen LogP contribution in [0, 0.1) is 4.77 Å². The summed E-state index contributed by atoms with van der Waals surface area (Å²) in [5, 5.41) is 9.36. The Bertz CT molecular complexity index is 958. The van der Waals surface area contributed by atoms with E-state index in [-0.39, 0.29) is 15.7 Å². The Balaban J connectivity index is 2.49. The monoisotopic (exact) mass is 298 g/mol. The summed E-state index contributed by atoms with van der Waals surface area (Å²) in [7, 11) is 0. The molecule has 1 heterocycles. The molecule has 0 aliphatic heterocycles. The minimum Gasteiger partial charge on any atom is -0.478 e. The average molecular weight is 298 g/mol. The Kier molecular flexibility index (Phi) is 3.15. The first-order chi connectivity index (χ1) is 10.1. The maximum atomic E-state index is 12.7. The molecule has 0 aliphatic rings. The molecular formula is C15H10N2O3S. The fraction of sp³-hybridized carbons (Fsp3) is 0. The minimum atomic E-state index is -1.15. The van der Waals surface area contributed by atoms with Gasteiger partial charge in [-0.2, -0.15) is 0 Å². The average Bonchev–Trinajstić information content (AvgIpc) is 2.47. The molecule has 0 unspecified atom stereocenters. The second-order valence-corrected chi connectivity index (χ2v) is 4.83. The lowest BCUT2D eigenvalue weighted by atomic mass is 10.1. The number of carbonyl (C=O) groups is 1. The second-order valence-electron chi connectivity index (χ2n) is 4.44. The Morgan fingerprint density at radius 3 is 2.48 bits per heavy atom. The van der Waals surface area contributed by atoms with Crippen molar-refractivity contribution in [2.75, 3.05) is 0 Å². The van der Waals surface area contributed by atoms with Crippen LogP contribution in [0.3, 0.4) is 0 Å². The van der Waals surface area contributed by atoms with Gasteiger partial charge in [0.15, 0.2) is 4.77 Å². The van der Waals surface area contributed by atoms with Crippen molar-refractivity contribution in [1.82, 2.24) is 9.55 Å². The predicted molar refractivity (Wildman–Crippen MR) is 81.7 cm³/mol. The third kappa shape index (κ3) is 2.15. The molecule has 0 saturated carbocycles. The van der Waals surface area contributed by atoms with Gasteiger partial charge in [-0.25, -0.2) is 4.79 Å². The van der Waals surface area contributed by atoms with Gasteiger partial charge in [-0.05, 0) is 36.5 Å². The van der Waals surface area contributed by atoms with Gasteiger partial charge in [-0.15, -0.1) is 0 Å². The Labute approximate surface area is 124 Å². The zero-order valence-corrected chi connectivity index (χ0v) is 11.6. The van der Waals surface area contributed by atoms with Crippen LogP contribution >= 0.6 is 12.2 Å². The molecule has 0 fully saturated rings. The Hall–Kier alpha value is -2.73. The van der Waals surface area contributed by atoms with E-state index in [1.165, 1.54) is 10.6 Å². The Morgan fingerprint density at radius 1 is 1.10 bits per heavy atom. The summed E-state index contributed by atoms with van der Waals surface area (Å²) in [6, 6.07) is 13.5. The third-order valence-electron chi connectivity index (χ3n) is 3.17. The van der Waals surface area contributed by atoms with Crippen molar-refractivity contribution in [3.8, 4) is 5.69 Å². The third-order valence-corrected chi connectivity index (χ3v) is 3.46. The summed E-state index contributed by atoms with van der Waals surface area (Å²) in [5.74, 6) is -1.15. The van der Waals surface area contributed by atoms with Gasteiger partial charge in [-0.1, -0.05) is 24.3 Å². The van der Waals surface area contributed by atoms with Crippen LogP contribution in [0.5, 0.6) is 0 Å². The molecule has 1 aromatic heterocycles. The number of para-hydroxylation sites is 1. The van der Waals surface area contributed by atoms with Crippen LogP contribution in [-0.2, 0) is 0 Å². The van der Waals surface area contributed by atoms with E-state index in [4.69, 9.17) is 12.2 Å². The quantitative estimate of drug-likeness (QED) is 0.713. The normalized spacial score (nSPS) is 10.7. The number of carboxylic acid groups (broad SMARTS) is 1. The van der Waals surface area contributed by atoms with Gasteiger partial charge in [0.25, 0.3) is 5.56 Å². The highest BCUT2D eigenvalue weighted by atomic mass is 32.1. The molecule has 5 nitrogen and oxygen atoms in total. The summed E-state index contributed by atoms with van der Waals surface area (Å²) in [4.78, 5) is 26.9. The largest absolute Gasteiger partial charge is 0.478 e. The number of aromatic nitrogens is 2. The summed E-state index contributed by atoms with van der Waals surface area (Å²) >= 11 is 5.22. The molecule has 0 saturated heterocycles. The van der Waals surface area contributed by atoms with Gasteiger partial charge in [0.05, 0.1) is 22.2 Å². The first-order valence-corrected chi connectivity index (χ1v) is 6.57. The number of H-pyrrole nitrogens is 1. The van der Waals surface area contributed by atoms with Gasteiger partial charge in [0.1, 0.15) is 0 Å². The van der Waals surface area contributed by atoms with E-state index in [2.05, 4.69) is 4.98 Å². The summed E-state index contributed by atoms with van der Waals surface area (Å²) < 4.78 is 1.52. The number of benzene rings is 2. The summed E-state index contributed by atoms with van der Waals surface area (Å²) in [6.07, 6.45) is 0. The standard InChI is InChI=1S/C15H10N2O3S/c18-13-12-10(14(19)20)7-4-8-11(12)16-15(21)17(13)9-5-2-1-3-6-9/h1-8H,(H,16,21)(H,19,20). The molecule has 3 aromatic rings. The van der Waals surface area contributed by atoms with Crippen LogP contribution in [0.2, 0.25) is 0 Å². The van der Waals surface area contributed by atoms with E-state index < -0.39 is 11.5 Å². The fourth-order valence-electron chi connectivity index (χ4n) is 2.25. The molecule has 0 spiro atoms. The number of hydrogen-bond acceptors (Lipinski definition) is 3. The van der Waals surface area contributed by atoms with Gasteiger partial charge in [-0.3, -0.25) is 9.36 Å². The zero-order valence-electron chi connectivity index (χ0n) is 10.7. The molecular weight excluding hydrogens is 288 g/mol. The minimum absolute atomic E-state index is 0.0477. The van der Waals surface area contributed by atoms with E-state index in [9.17, 15) is 14.7 Å². The molecule has 2 N–H and O–H groups in total. The van der Waals surface area contributed by atoms with Crippen LogP contribution in [0.1, 0.15) is 10.4 Å². The lowest BCUT2D eigenvalue weighted by molar-refractivity contribution is 0.0699. The molecule has 0 bridgehead atoms. The van der Waals surface area contributed by atoms with Gasteiger partial charge in [0.2, 0.25) is 0 Å². The van der Waals surface area contributed by atoms with Crippen LogP contribution < -0.4 is 5.56 Å². The number of nitrogens with one attached hydrogen (secondary N) is 1. The van der Waals surface area contributed by atoms with Crippen molar-refractivity contribution < 1.29 is 9.90 Å². The van der Waals surface area contributed by atoms with E-state index in [0.717, 1.165) is 0 Å². The maximum absolute atomic E-state index is 12.7. The van der Waals surface area contributed by atoms with Crippen molar-refractivity contribution in [2.24, 2.45) is 0 Å². The highest BCUT2D eigenvalue weighted by Crippen LogP contribution is 2.15. The van der Waals surface area contributed by atoms with Crippen molar-refractivity contribution in [2.45, 2.75) is 0 Å². The SMILES string of the molecule is O=C(O)c1cccc2[nH]c(=S)n(-c3ccccc3)c(=O)c12. The first-order valence-electron chi connectivity index (χ1n) is 6.16. The number of nitrogens with zero attached hydrogens (tertiary/aromatic N) is 1. The summed E-state index contributed by atoms with van der Waals surface area (Å²) in [6.45, 7) is 0. The second kappa shape index (κ2) is 4.99. The van der Waals surface area contributed by atoms with E-state index in [0.29, 0.717) is 11.2 Å². The number of fused-ring (bicyclic) bond motifs is 1. The molecule has 0 amide bonds. The molecule has 0 atom stereocenters. The van der Waals surface area contributed by atoms with Crippen LogP contribution in [0.15, 0.2) is 53.3 Å². The van der Waals surface area contributed by atoms with Gasteiger partial charge < -0.3 is 10.1 Å². The lowest BCUT2D eigenvalue weighted by Crippen LogP contribution is -2.22. The summed E-state index contributed by atoms with van der Waals surface area (Å²) in [5.41, 5.74) is 0.509. The molecule has 21 heavy (non-hydrogen) atoms. The van der Waals surface area contributed by atoms with Crippen LogP contribution in [-0.4, -0.2) is 20.6 Å². The number of carboxylic acids is 1. The van der Waals surface area contributed by atoms with Crippen molar-refractivity contribution in [3.05, 3.63) is 69.2 Å². The zero-order chi connectivity index (χ0) is 15.0. The number of rotatable bonds is 2.